The van der Waals surface area contributed by atoms with Gasteiger partial charge in [-0.3, -0.25) is 4.79 Å². The van der Waals surface area contributed by atoms with Gasteiger partial charge < -0.3 is 15.7 Å². The zero-order valence-corrected chi connectivity index (χ0v) is 11.7. The van der Waals surface area contributed by atoms with Gasteiger partial charge in [-0.1, -0.05) is 12.5 Å². The monoisotopic (exact) mass is 274 g/mol. The van der Waals surface area contributed by atoms with E-state index in [1.165, 1.54) is 5.56 Å². The first-order valence-corrected chi connectivity index (χ1v) is 7.48. The molecule has 0 unspecified atom stereocenters. The number of hydrogen-bond donors (Lipinski definition) is 2. The molecule has 108 valence electrons. The van der Waals surface area contributed by atoms with Crippen molar-refractivity contribution in [2.45, 2.75) is 32.2 Å². The Morgan fingerprint density at radius 2 is 2.20 bits per heavy atom. The standard InChI is InChI=1S/C16H22N2O2/c17-9-12-2-1-3-15(12)16(20)18-7-6-11-4-5-14(19)8-13(11)10-18/h4-5,8,12,15,19H,1-3,6-7,9-10,17H2/t12-,15-/m1/s1. The van der Waals surface area contributed by atoms with E-state index in [0.717, 1.165) is 37.8 Å². The van der Waals surface area contributed by atoms with Crippen LogP contribution in [0.1, 0.15) is 30.4 Å². The largest absolute Gasteiger partial charge is 0.508 e. The lowest BCUT2D eigenvalue weighted by atomic mass is 9.92. The number of amides is 1. The van der Waals surface area contributed by atoms with E-state index in [0.29, 0.717) is 19.0 Å². The highest BCUT2D eigenvalue weighted by molar-refractivity contribution is 5.79. The first kappa shape index (κ1) is 13.4. The molecule has 1 aliphatic carbocycles. The summed E-state index contributed by atoms with van der Waals surface area (Å²) in [5.74, 6) is 0.998. The summed E-state index contributed by atoms with van der Waals surface area (Å²) < 4.78 is 0. The van der Waals surface area contributed by atoms with Gasteiger partial charge in [0.2, 0.25) is 5.91 Å². The summed E-state index contributed by atoms with van der Waals surface area (Å²) in [6.45, 7) is 2.02. The Labute approximate surface area is 119 Å². The molecule has 1 aromatic carbocycles. The highest BCUT2D eigenvalue weighted by Crippen LogP contribution is 2.34. The van der Waals surface area contributed by atoms with E-state index in [2.05, 4.69) is 0 Å². The molecule has 1 amide bonds. The molecule has 4 nitrogen and oxygen atoms in total. The maximum Gasteiger partial charge on any atom is 0.226 e. The van der Waals surface area contributed by atoms with Gasteiger partial charge in [-0.15, -0.1) is 0 Å². The molecule has 4 heteroatoms. The Bertz CT molecular complexity index is 515. The van der Waals surface area contributed by atoms with Crippen LogP contribution >= 0.6 is 0 Å². The number of phenols is 1. The quantitative estimate of drug-likeness (QED) is 0.862. The molecule has 3 rings (SSSR count). The van der Waals surface area contributed by atoms with Gasteiger partial charge in [-0.25, -0.2) is 0 Å². The summed E-state index contributed by atoms with van der Waals surface area (Å²) in [5, 5.41) is 9.58. The number of hydrogen-bond acceptors (Lipinski definition) is 3. The van der Waals surface area contributed by atoms with Crippen molar-refractivity contribution in [3.63, 3.8) is 0 Å². The van der Waals surface area contributed by atoms with Gasteiger partial charge in [0.25, 0.3) is 0 Å². The van der Waals surface area contributed by atoms with E-state index in [1.807, 2.05) is 11.0 Å². The Kier molecular flexibility index (Phi) is 3.66. The molecule has 20 heavy (non-hydrogen) atoms. The van der Waals surface area contributed by atoms with Gasteiger partial charge in [0.1, 0.15) is 5.75 Å². The van der Waals surface area contributed by atoms with Gasteiger partial charge in [0.15, 0.2) is 0 Å². The zero-order valence-electron chi connectivity index (χ0n) is 11.7. The van der Waals surface area contributed by atoms with Crippen LogP contribution in [0.25, 0.3) is 0 Å². The number of aromatic hydroxyl groups is 1. The van der Waals surface area contributed by atoms with Crippen molar-refractivity contribution in [3.05, 3.63) is 29.3 Å². The molecule has 1 saturated carbocycles. The van der Waals surface area contributed by atoms with Crippen molar-refractivity contribution in [1.82, 2.24) is 4.90 Å². The predicted molar refractivity (Wildman–Crippen MR) is 77.1 cm³/mol. The molecule has 1 heterocycles. The van der Waals surface area contributed by atoms with E-state index in [-0.39, 0.29) is 17.6 Å². The maximum atomic E-state index is 12.7. The van der Waals surface area contributed by atoms with Gasteiger partial charge >= 0.3 is 0 Å². The molecular formula is C16H22N2O2. The second kappa shape index (κ2) is 5.44. The van der Waals surface area contributed by atoms with Crippen LogP contribution in [0.4, 0.5) is 0 Å². The van der Waals surface area contributed by atoms with Crippen molar-refractivity contribution in [2.24, 2.45) is 17.6 Å². The Balaban J connectivity index is 1.74. The van der Waals surface area contributed by atoms with Crippen molar-refractivity contribution >= 4 is 5.91 Å². The van der Waals surface area contributed by atoms with Gasteiger partial charge in [-0.2, -0.15) is 0 Å². The number of rotatable bonds is 2. The van der Waals surface area contributed by atoms with Crippen LogP contribution in [-0.4, -0.2) is 29.0 Å². The average Bonchev–Trinajstić information content (AvgIpc) is 2.94. The number of carbonyl (C=O) groups excluding carboxylic acids is 1. The number of nitrogens with zero attached hydrogens (tertiary/aromatic N) is 1. The summed E-state index contributed by atoms with van der Waals surface area (Å²) in [6.07, 6.45) is 4.05. The minimum Gasteiger partial charge on any atom is -0.508 e. The van der Waals surface area contributed by atoms with Crippen LogP contribution in [0.15, 0.2) is 18.2 Å². The topological polar surface area (TPSA) is 66.6 Å². The molecule has 0 saturated heterocycles. The first-order chi connectivity index (χ1) is 9.69. The number of nitrogens with two attached hydrogens (primary N) is 1. The third kappa shape index (κ3) is 2.40. The molecule has 0 radical (unpaired) electrons. The lowest BCUT2D eigenvalue weighted by Gasteiger charge is -2.32. The predicted octanol–water partition coefficient (Wildman–Crippen LogP) is 1.65. The lowest BCUT2D eigenvalue weighted by Crippen LogP contribution is -2.41. The van der Waals surface area contributed by atoms with E-state index < -0.39 is 0 Å². The van der Waals surface area contributed by atoms with Crippen molar-refractivity contribution < 1.29 is 9.90 Å². The van der Waals surface area contributed by atoms with Gasteiger partial charge in [0, 0.05) is 19.0 Å². The van der Waals surface area contributed by atoms with Crippen molar-refractivity contribution in [1.29, 1.82) is 0 Å². The summed E-state index contributed by atoms with van der Waals surface area (Å²) in [6, 6.07) is 5.46. The summed E-state index contributed by atoms with van der Waals surface area (Å²) >= 11 is 0. The van der Waals surface area contributed by atoms with Crippen molar-refractivity contribution in [3.8, 4) is 5.75 Å². The van der Waals surface area contributed by atoms with E-state index in [9.17, 15) is 9.90 Å². The third-order valence-electron chi connectivity index (χ3n) is 4.79. The second-order valence-corrected chi connectivity index (χ2v) is 6.00. The average molecular weight is 274 g/mol. The second-order valence-electron chi connectivity index (χ2n) is 6.00. The van der Waals surface area contributed by atoms with Crippen LogP contribution in [0.3, 0.4) is 0 Å². The zero-order chi connectivity index (χ0) is 14.1. The minimum atomic E-state index is 0.110. The molecule has 0 spiro atoms. The Morgan fingerprint density at radius 1 is 1.35 bits per heavy atom. The summed E-state index contributed by atoms with van der Waals surface area (Å²) in [4.78, 5) is 14.6. The summed E-state index contributed by atoms with van der Waals surface area (Å²) in [5.41, 5.74) is 8.10. The number of benzene rings is 1. The number of phenolic OH excluding ortho intramolecular Hbond substituents is 1. The molecule has 2 atom stereocenters. The first-order valence-electron chi connectivity index (χ1n) is 7.48. The van der Waals surface area contributed by atoms with E-state index >= 15 is 0 Å². The van der Waals surface area contributed by atoms with E-state index in [4.69, 9.17) is 5.73 Å². The molecule has 0 bridgehead atoms. The highest BCUT2D eigenvalue weighted by Gasteiger charge is 2.35. The SMILES string of the molecule is NC[C@H]1CCC[C@H]1C(=O)N1CCc2ccc(O)cc2C1. The van der Waals surface area contributed by atoms with Gasteiger partial charge in [-0.05, 0) is 55.0 Å². The Morgan fingerprint density at radius 3 is 3.00 bits per heavy atom. The van der Waals surface area contributed by atoms with Crippen LogP contribution in [-0.2, 0) is 17.8 Å². The van der Waals surface area contributed by atoms with Crippen LogP contribution in [0.2, 0.25) is 0 Å². The number of fused-ring (bicyclic) bond motifs is 1. The lowest BCUT2D eigenvalue weighted by molar-refractivity contribution is -0.137. The molecule has 1 fully saturated rings. The molecule has 2 aliphatic rings. The molecule has 1 aromatic rings. The number of carbonyl (C=O) groups is 1. The van der Waals surface area contributed by atoms with Crippen LogP contribution in [0, 0.1) is 11.8 Å². The Hall–Kier alpha value is -1.55. The smallest absolute Gasteiger partial charge is 0.226 e. The maximum absolute atomic E-state index is 12.7. The minimum absolute atomic E-state index is 0.110. The van der Waals surface area contributed by atoms with Crippen molar-refractivity contribution in [2.75, 3.05) is 13.1 Å². The fourth-order valence-electron chi connectivity index (χ4n) is 3.61. The highest BCUT2D eigenvalue weighted by atomic mass is 16.3. The normalized spacial score (nSPS) is 25.6. The van der Waals surface area contributed by atoms with Crippen LogP contribution < -0.4 is 5.73 Å². The van der Waals surface area contributed by atoms with Gasteiger partial charge in [0.05, 0.1) is 0 Å². The molecular weight excluding hydrogens is 252 g/mol. The fourth-order valence-corrected chi connectivity index (χ4v) is 3.61. The molecule has 0 aromatic heterocycles. The fraction of sp³-hybridized carbons (Fsp3) is 0.562. The summed E-state index contributed by atoms with van der Waals surface area (Å²) in [7, 11) is 0. The third-order valence-corrected chi connectivity index (χ3v) is 4.79. The molecule has 3 N–H and O–H groups in total. The molecule has 1 aliphatic heterocycles. The van der Waals surface area contributed by atoms with Crippen LogP contribution in [0.5, 0.6) is 5.75 Å². The van der Waals surface area contributed by atoms with E-state index in [1.54, 1.807) is 12.1 Å².